The zero-order valence-corrected chi connectivity index (χ0v) is 13.5. The van der Waals surface area contributed by atoms with Crippen LogP contribution in [0.15, 0.2) is 30.3 Å². The third kappa shape index (κ3) is 4.15. The first-order valence-electron chi connectivity index (χ1n) is 7.42. The van der Waals surface area contributed by atoms with E-state index in [0.717, 1.165) is 19.4 Å². The van der Waals surface area contributed by atoms with Gasteiger partial charge in [-0.05, 0) is 45.2 Å². The van der Waals surface area contributed by atoms with E-state index in [1.807, 2.05) is 11.3 Å². The molecule has 2 aromatic rings. The van der Waals surface area contributed by atoms with E-state index in [1.54, 1.807) is 0 Å². The van der Waals surface area contributed by atoms with Crippen LogP contribution < -0.4 is 5.32 Å². The van der Waals surface area contributed by atoms with Gasteiger partial charge in [0.25, 0.3) is 0 Å². The van der Waals surface area contributed by atoms with Crippen LogP contribution in [0.25, 0.3) is 0 Å². The predicted octanol–water partition coefficient (Wildman–Crippen LogP) is 4.43. The Morgan fingerprint density at radius 2 is 1.95 bits per heavy atom. The fourth-order valence-corrected chi connectivity index (χ4v) is 3.51. The number of aryl methyl sites for hydroxylation is 3. The van der Waals surface area contributed by atoms with Gasteiger partial charge >= 0.3 is 0 Å². The standard InChI is InChI=1S/C17H24N2S/c1-4-12-18-16(17-13(2)19-14(3)20-17)11-10-15-8-6-5-7-9-15/h5-9,16,18H,4,10-12H2,1-3H3. The van der Waals surface area contributed by atoms with E-state index >= 15 is 0 Å². The Bertz CT molecular complexity index is 519. The number of rotatable bonds is 7. The lowest BCUT2D eigenvalue weighted by atomic mass is 10.0. The summed E-state index contributed by atoms with van der Waals surface area (Å²) in [6.07, 6.45) is 3.41. The summed E-state index contributed by atoms with van der Waals surface area (Å²) < 4.78 is 0. The average Bonchev–Trinajstić information content (AvgIpc) is 2.79. The molecule has 1 atom stereocenters. The number of hydrogen-bond donors (Lipinski definition) is 1. The number of aromatic nitrogens is 1. The Kier molecular flexibility index (Phi) is 5.74. The van der Waals surface area contributed by atoms with Gasteiger partial charge in [-0.15, -0.1) is 11.3 Å². The number of hydrogen-bond acceptors (Lipinski definition) is 3. The fourth-order valence-electron chi connectivity index (χ4n) is 2.47. The summed E-state index contributed by atoms with van der Waals surface area (Å²) in [5.41, 5.74) is 2.60. The van der Waals surface area contributed by atoms with E-state index < -0.39 is 0 Å². The second-order valence-electron chi connectivity index (χ2n) is 5.21. The normalized spacial score (nSPS) is 12.6. The van der Waals surface area contributed by atoms with E-state index in [2.05, 4.69) is 61.4 Å². The number of thiazole rings is 1. The van der Waals surface area contributed by atoms with E-state index in [-0.39, 0.29) is 0 Å². The fraction of sp³-hybridized carbons (Fsp3) is 0.471. The summed E-state index contributed by atoms with van der Waals surface area (Å²) in [6.45, 7) is 7.50. The highest BCUT2D eigenvalue weighted by molar-refractivity contribution is 7.11. The van der Waals surface area contributed by atoms with Gasteiger partial charge in [-0.1, -0.05) is 37.3 Å². The van der Waals surface area contributed by atoms with E-state index in [9.17, 15) is 0 Å². The second kappa shape index (κ2) is 7.55. The third-order valence-electron chi connectivity index (χ3n) is 3.46. The van der Waals surface area contributed by atoms with Crippen LogP contribution in [0.2, 0.25) is 0 Å². The minimum atomic E-state index is 0.432. The van der Waals surface area contributed by atoms with Gasteiger partial charge in [0.1, 0.15) is 0 Å². The lowest BCUT2D eigenvalue weighted by Crippen LogP contribution is -2.22. The van der Waals surface area contributed by atoms with E-state index in [1.165, 1.54) is 27.6 Å². The van der Waals surface area contributed by atoms with Crippen molar-refractivity contribution < 1.29 is 0 Å². The van der Waals surface area contributed by atoms with Gasteiger partial charge in [-0.2, -0.15) is 0 Å². The molecule has 2 rings (SSSR count). The summed E-state index contributed by atoms with van der Waals surface area (Å²) >= 11 is 1.83. The zero-order chi connectivity index (χ0) is 14.4. The summed E-state index contributed by atoms with van der Waals surface area (Å²) in [6, 6.07) is 11.2. The minimum absolute atomic E-state index is 0.432. The van der Waals surface area contributed by atoms with Crippen LogP contribution in [0.5, 0.6) is 0 Å². The molecule has 0 saturated carbocycles. The lowest BCUT2D eigenvalue weighted by molar-refractivity contribution is 0.503. The maximum atomic E-state index is 4.57. The summed E-state index contributed by atoms with van der Waals surface area (Å²) in [5, 5.41) is 4.85. The molecule has 20 heavy (non-hydrogen) atoms. The van der Waals surface area contributed by atoms with Gasteiger partial charge in [-0.3, -0.25) is 0 Å². The molecule has 108 valence electrons. The molecule has 0 bridgehead atoms. The molecule has 0 saturated heterocycles. The smallest absolute Gasteiger partial charge is 0.0900 e. The van der Waals surface area contributed by atoms with Crippen LogP contribution >= 0.6 is 11.3 Å². The van der Waals surface area contributed by atoms with Crippen molar-refractivity contribution in [1.29, 1.82) is 0 Å². The van der Waals surface area contributed by atoms with Crippen molar-refractivity contribution in [1.82, 2.24) is 10.3 Å². The van der Waals surface area contributed by atoms with E-state index in [4.69, 9.17) is 0 Å². The second-order valence-corrected chi connectivity index (χ2v) is 6.45. The summed E-state index contributed by atoms with van der Waals surface area (Å²) in [4.78, 5) is 5.98. The maximum Gasteiger partial charge on any atom is 0.0900 e. The van der Waals surface area contributed by atoms with Crippen LogP contribution in [-0.2, 0) is 6.42 Å². The van der Waals surface area contributed by atoms with Crippen LogP contribution in [0, 0.1) is 13.8 Å². The van der Waals surface area contributed by atoms with Gasteiger partial charge in [0.2, 0.25) is 0 Å². The molecule has 0 radical (unpaired) electrons. The van der Waals surface area contributed by atoms with Gasteiger partial charge < -0.3 is 5.32 Å². The SMILES string of the molecule is CCCNC(CCc1ccccc1)c1sc(C)nc1C. The monoisotopic (exact) mass is 288 g/mol. The summed E-state index contributed by atoms with van der Waals surface area (Å²) in [5.74, 6) is 0. The Morgan fingerprint density at radius 1 is 1.20 bits per heavy atom. The number of benzene rings is 1. The first-order chi connectivity index (χ1) is 9.70. The Balaban J connectivity index is 2.05. The molecule has 1 heterocycles. The molecular formula is C17H24N2S. The first-order valence-corrected chi connectivity index (χ1v) is 8.23. The molecule has 1 aromatic carbocycles. The molecule has 1 unspecified atom stereocenters. The lowest BCUT2D eigenvalue weighted by Gasteiger charge is -2.18. The molecular weight excluding hydrogens is 264 g/mol. The quantitative estimate of drug-likeness (QED) is 0.815. The highest BCUT2D eigenvalue weighted by Gasteiger charge is 2.16. The molecule has 0 aliphatic heterocycles. The van der Waals surface area contributed by atoms with Crippen LogP contribution in [0.3, 0.4) is 0 Å². The van der Waals surface area contributed by atoms with E-state index in [0.29, 0.717) is 6.04 Å². The molecule has 0 amide bonds. The first kappa shape index (κ1) is 15.2. The Morgan fingerprint density at radius 3 is 2.55 bits per heavy atom. The molecule has 3 heteroatoms. The summed E-state index contributed by atoms with van der Waals surface area (Å²) in [7, 11) is 0. The molecule has 0 fully saturated rings. The van der Waals surface area contributed by atoms with Crippen molar-refractivity contribution in [2.45, 2.75) is 46.1 Å². The van der Waals surface area contributed by atoms with Crippen molar-refractivity contribution in [3.63, 3.8) is 0 Å². The molecule has 1 N–H and O–H groups in total. The Labute approximate surface area is 126 Å². The van der Waals surface area contributed by atoms with Crippen molar-refractivity contribution in [3.05, 3.63) is 51.5 Å². The minimum Gasteiger partial charge on any atom is -0.309 e. The third-order valence-corrected chi connectivity index (χ3v) is 4.65. The van der Waals surface area contributed by atoms with Crippen molar-refractivity contribution in [3.8, 4) is 0 Å². The van der Waals surface area contributed by atoms with Crippen molar-refractivity contribution >= 4 is 11.3 Å². The van der Waals surface area contributed by atoms with Gasteiger partial charge in [0.15, 0.2) is 0 Å². The zero-order valence-electron chi connectivity index (χ0n) is 12.6. The van der Waals surface area contributed by atoms with Crippen LogP contribution in [0.4, 0.5) is 0 Å². The average molecular weight is 288 g/mol. The highest BCUT2D eigenvalue weighted by Crippen LogP contribution is 2.28. The maximum absolute atomic E-state index is 4.57. The molecule has 0 spiro atoms. The molecule has 0 aliphatic carbocycles. The molecule has 0 aliphatic rings. The van der Waals surface area contributed by atoms with Crippen molar-refractivity contribution in [2.75, 3.05) is 6.54 Å². The molecule has 1 aromatic heterocycles. The Hall–Kier alpha value is -1.19. The van der Waals surface area contributed by atoms with Crippen LogP contribution in [0.1, 0.15) is 46.9 Å². The van der Waals surface area contributed by atoms with Crippen molar-refractivity contribution in [2.24, 2.45) is 0 Å². The number of nitrogens with zero attached hydrogens (tertiary/aromatic N) is 1. The van der Waals surface area contributed by atoms with Gasteiger partial charge in [-0.25, -0.2) is 4.98 Å². The molecule has 2 nitrogen and oxygen atoms in total. The largest absolute Gasteiger partial charge is 0.309 e. The van der Waals surface area contributed by atoms with Gasteiger partial charge in [0.05, 0.1) is 10.7 Å². The predicted molar refractivity (Wildman–Crippen MR) is 87.4 cm³/mol. The highest BCUT2D eigenvalue weighted by atomic mass is 32.1. The topological polar surface area (TPSA) is 24.9 Å². The number of nitrogens with one attached hydrogen (secondary N) is 1. The van der Waals surface area contributed by atoms with Crippen LogP contribution in [-0.4, -0.2) is 11.5 Å². The van der Waals surface area contributed by atoms with Gasteiger partial charge in [0, 0.05) is 10.9 Å².